The molecule has 0 atom stereocenters. The fourth-order valence-electron chi connectivity index (χ4n) is 3.78. The third kappa shape index (κ3) is 3.29. The summed E-state index contributed by atoms with van der Waals surface area (Å²) in [4.78, 5) is 28.5. The first-order valence-corrected chi connectivity index (χ1v) is 9.24. The van der Waals surface area contributed by atoms with Gasteiger partial charge in [-0.2, -0.15) is 0 Å². The second kappa shape index (κ2) is 7.20. The van der Waals surface area contributed by atoms with Crippen molar-refractivity contribution in [1.29, 1.82) is 0 Å². The van der Waals surface area contributed by atoms with Crippen LogP contribution in [0.25, 0.3) is 0 Å². The molecule has 1 saturated heterocycles. The number of rotatable bonds is 5. The van der Waals surface area contributed by atoms with Crippen LogP contribution in [-0.2, 0) is 11.2 Å². The molecule has 0 spiro atoms. The fourth-order valence-corrected chi connectivity index (χ4v) is 3.78. The summed E-state index contributed by atoms with van der Waals surface area (Å²) in [5.41, 5.74) is 4.07. The Morgan fingerprint density at radius 2 is 1.92 bits per heavy atom. The summed E-state index contributed by atoms with van der Waals surface area (Å²) >= 11 is 0. The molecular formula is C21H23N3O2. The number of nitrogens with one attached hydrogen (secondary N) is 1. The van der Waals surface area contributed by atoms with Crippen LogP contribution in [0.5, 0.6) is 0 Å². The van der Waals surface area contributed by atoms with Gasteiger partial charge in [-0.15, -0.1) is 0 Å². The van der Waals surface area contributed by atoms with Gasteiger partial charge in [0.25, 0.3) is 5.91 Å². The van der Waals surface area contributed by atoms with E-state index >= 15 is 0 Å². The van der Waals surface area contributed by atoms with E-state index in [-0.39, 0.29) is 11.8 Å². The van der Waals surface area contributed by atoms with Gasteiger partial charge in [0.2, 0.25) is 5.91 Å². The van der Waals surface area contributed by atoms with Gasteiger partial charge in [-0.3, -0.25) is 9.59 Å². The normalized spacial score (nSPS) is 16.1. The molecule has 0 aromatic heterocycles. The number of amides is 2. The zero-order valence-electron chi connectivity index (χ0n) is 14.8. The van der Waals surface area contributed by atoms with Crippen LogP contribution in [-0.4, -0.2) is 38.0 Å². The molecule has 2 aromatic carbocycles. The molecule has 2 aromatic rings. The maximum Gasteiger partial charge on any atom is 0.251 e. The minimum Gasteiger partial charge on any atom is -0.369 e. The zero-order chi connectivity index (χ0) is 17.9. The molecule has 0 unspecified atom stereocenters. The van der Waals surface area contributed by atoms with Crippen LogP contribution in [0.4, 0.5) is 11.4 Å². The van der Waals surface area contributed by atoms with E-state index in [1.807, 2.05) is 18.2 Å². The molecule has 5 heteroatoms. The standard InChI is InChI=1S/C21H23N3O2/c25-20-9-4-12-24(20)18-7-3-6-17(15-18)21(26)22-11-14-23-13-10-16-5-1-2-8-19(16)23/h1-3,5-8,15H,4,9-14H2,(H,22,26). The van der Waals surface area contributed by atoms with Crippen molar-refractivity contribution >= 4 is 23.2 Å². The van der Waals surface area contributed by atoms with Crippen LogP contribution in [0.3, 0.4) is 0 Å². The third-order valence-electron chi connectivity index (χ3n) is 5.14. The number of anilines is 2. The number of para-hydroxylation sites is 1. The van der Waals surface area contributed by atoms with Gasteiger partial charge in [0, 0.05) is 49.5 Å². The average molecular weight is 349 g/mol. The van der Waals surface area contributed by atoms with Crippen molar-refractivity contribution in [3.8, 4) is 0 Å². The first-order chi connectivity index (χ1) is 12.7. The Labute approximate surface area is 153 Å². The number of carbonyl (C=O) groups is 2. The minimum atomic E-state index is -0.0917. The lowest BCUT2D eigenvalue weighted by molar-refractivity contribution is -0.117. The van der Waals surface area contributed by atoms with E-state index in [9.17, 15) is 9.59 Å². The van der Waals surface area contributed by atoms with E-state index in [0.717, 1.165) is 38.2 Å². The Kier molecular flexibility index (Phi) is 4.61. The molecule has 0 aliphatic carbocycles. The van der Waals surface area contributed by atoms with Crippen LogP contribution < -0.4 is 15.1 Å². The molecule has 1 N–H and O–H groups in total. The van der Waals surface area contributed by atoms with Gasteiger partial charge in [0.05, 0.1) is 0 Å². The van der Waals surface area contributed by atoms with Crippen LogP contribution >= 0.6 is 0 Å². The molecule has 2 amide bonds. The van der Waals surface area contributed by atoms with Crippen LogP contribution in [0.1, 0.15) is 28.8 Å². The Morgan fingerprint density at radius 3 is 2.77 bits per heavy atom. The predicted molar refractivity (Wildman–Crippen MR) is 103 cm³/mol. The maximum atomic E-state index is 12.5. The molecule has 1 fully saturated rings. The Hall–Kier alpha value is -2.82. The molecule has 0 radical (unpaired) electrons. The predicted octanol–water partition coefficient (Wildman–Crippen LogP) is 2.61. The molecule has 2 heterocycles. The quantitative estimate of drug-likeness (QED) is 0.903. The SMILES string of the molecule is O=C(NCCN1CCc2ccccc21)c1cccc(N2CCCC2=O)c1. The number of hydrogen-bond donors (Lipinski definition) is 1. The summed E-state index contributed by atoms with van der Waals surface area (Å²) in [6.45, 7) is 3.13. The fraction of sp³-hybridized carbons (Fsp3) is 0.333. The number of carbonyl (C=O) groups excluding carboxylic acids is 2. The van der Waals surface area contributed by atoms with Gasteiger partial charge in [-0.25, -0.2) is 0 Å². The summed E-state index contributed by atoms with van der Waals surface area (Å²) < 4.78 is 0. The largest absolute Gasteiger partial charge is 0.369 e. The number of hydrogen-bond acceptors (Lipinski definition) is 3. The molecule has 134 valence electrons. The lowest BCUT2D eigenvalue weighted by atomic mass is 10.1. The molecular weight excluding hydrogens is 326 g/mol. The topological polar surface area (TPSA) is 52.7 Å². The smallest absolute Gasteiger partial charge is 0.251 e. The average Bonchev–Trinajstić information content (AvgIpc) is 3.28. The summed E-state index contributed by atoms with van der Waals surface area (Å²) in [6, 6.07) is 15.8. The van der Waals surface area contributed by atoms with Crippen molar-refractivity contribution in [2.45, 2.75) is 19.3 Å². The summed E-state index contributed by atoms with van der Waals surface area (Å²) in [6.07, 6.45) is 2.54. The maximum absolute atomic E-state index is 12.5. The van der Waals surface area contributed by atoms with Gasteiger partial charge >= 0.3 is 0 Å². The zero-order valence-corrected chi connectivity index (χ0v) is 14.8. The van der Waals surface area contributed by atoms with Gasteiger partial charge in [0.15, 0.2) is 0 Å². The Bertz CT molecular complexity index is 834. The summed E-state index contributed by atoms with van der Waals surface area (Å²) in [5.74, 6) is 0.0428. The second-order valence-electron chi connectivity index (χ2n) is 6.82. The second-order valence-corrected chi connectivity index (χ2v) is 6.82. The number of nitrogens with zero attached hydrogens (tertiary/aromatic N) is 2. The van der Waals surface area contributed by atoms with Crippen molar-refractivity contribution in [2.24, 2.45) is 0 Å². The van der Waals surface area contributed by atoms with Gasteiger partial charge < -0.3 is 15.1 Å². The monoisotopic (exact) mass is 349 g/mol. The van der Waals surface area contributed by atoms with Gasteiger partial charge in [0.1, 0.15) is 0 Å². The van der Waals surface area contributed by atoms with Crippen LogP contribution in [0, 0.1) is 0 Å². The van der Waals surface area contributed by atoms with Crippen molar-refractivity contribution in [2.75, 3.05) is 36.0 Å². The van der Waals surface area contributed by atoms with E-state index in [2.05, 4.69) is 34.5 Å². The van der Waals surface area contributed by atoms with Crippen molar-refractivity contribution in [3.05, 3.63) is 59.7 Å². The highest BCUT2D eigenvalue weighted by atomic mass is 16.2. The summed E-state index contributed by atoms with van der Waals surface area (Å²) in [7, 11) is 0. The van der Waals surface area contributed by atoms with Crippen molar-refractivity contribution in [3.63, 3.8) is 0 Å². The van der Waals surface area contributed by atoms with E-state index in [4.69, 9.17) is 0 Å². The van der Waals surface area contributed by atoms with Gasteiger partial charge in [-0.05, 0) is 42.7 Å². The van der Waals surface area contributed by atoms with Crippen molar-refractivity contribution < 1.29 is 9.59 Å². The van der Waals surface area contributed by atoms with Crippen molar-refractivity contribution in [1.82, 2.24) is 5.32 Å². The van der Waals surface area contributed by atoms with Gasteiger partial charge in [-0.1, -0.05) is 24.3 Å². The number of fused-ring (bicyclic) bond motifs is 1. The highest BCUT2D eigenvalue weighted by molar-refractivity contribution is 5.99. The van der Waals surface area contributed by atoms with E-state index < -0.39 is 0 Å². The van der Waals surface area contributed by atoms with E-state index in [1.54, 1.807) is 11.0 Å². The molecule has 2 aliphatic rings. The highest BCUT2D eigenvalue weighted by Gasteiger charge is 2.22. The van der Waals surface area contributed by atoms with E-state index in [1.165, 1.54) is 11.3 Å². The minimum absolute atomic E-state index is 0.0917. The number of benzene rings is 2. The Balaban J connectivity index is 1.35. The molecule has 26 heavy (non-hydrogen) atoms. The molecule has 4 rings (SSSR count). The molecule has 2 aliphatic heterocycles. The lowest BCUT2D eigenvalue weighted by Crippen LogP contribution is -2.34. The molecule has 0 saturated carbocycles. The highest BCUT2D eigenvalue weighted by Crippen LogP contribution is 2.26. The first kappa shape index (κ1) is 16.6. The third-order valence-corrected chi connectivity index (χ3v) is 5.14. The lowest BCUT2D eigenvalue weighted by Gasteiger charge is -2.20. The van der Waals surface area contributed by atoms with Crippen LogP contribution in [0.15, 0.2) is 48.5 Å². The first-order valence-electron chi connectivity index (χ1n) is 9.24. The molecule has 5 nitrogen and oxygen atoms in total. The Morgan fingerprint density at radius 1 is 1.04 bits per heavy atom. The van der Waals surface area contributed by atoms with Crippen LogP contribution in [0.2, 0.25) is 0 Å². The summed E-state index contributed by atoms with van der Waals surface area (Å²) in [5, 5.41) is 3.00. The molecule has 0 bridgehead atoms. The van der Waals surface area contributed by atoms with E-state index in [0.29, 0.717) is 18.5 Å².